The summed E-state index contributed by atoms with van der Waals surface area (Å²) in [5, 5.41) is 50.4. The molecule has 0 bridgehead atoms. The number of fused-ring (bicyclic) bond motifs is 8. The van der Waals surface area contributed by atoms with Crippen LogP contribution in [0.4, 0.5) is 22.7 Å². The number of rotatable bonds is 21. The molecular formula is C113H111Cl3N10O16. The average Bonchev–Trinajstić information content (AvgIpc) is 0.760. The van der Waals surface area contributed by atoms with Crippen LogP contribution >= 0.6 is 34.8 Å². The molecule has 0 spiro atoms. The van der Waals surface area contributed by atoms with Crippen LogP contribution in [0.3, 0.4) is 0 Å². The van der Waals surface area contributed by atoms with Gasteiger partial charge in [0.2, 0.25) is 23.6 Å². The molecule has 142 heavy (non-hydrogen) atoms. The maximum Gasteiger partial charge on any atom is 0.268 e. The van der Waals surface area contributed by atoms with Crippen molar-refractivity contribution in [2.24, 2.45) is 29.1 Å². The van der Waals surface area contributed by atoms with Gasteiger partial charge >= 0.3 is 0 Å². The molecule has 4 N–H and O–H groups in total. The normalized spacial score (nSPS) is 17.7. The summed E-state index contributed by atoms with van der Waals surface area (Å²) in [6.45, 7) is 27.5. The van der Waals surface area contributed by atoms with Gasteiger partial charge in [-0.15, -0.1) is 0 Å². The predicted octanol–water partition coefficient (Wildman–Crippen LogP) is 18.4. The number of carbonyl (C=O) groups excluding carboxylic acids is 8. The summed E-state index contributed by atoms with van der Waals surface area (Å²) in [7, 11) is 6.05. The van der Waals surface area contributed by atoms with Gasteiger partial charge in [-0.3, -0.25) is 38.4 Å². The number of piperidine rings is 1. The lowest BCUT2D eigenvalue weighted by molar-refractivity contribution is -0.137. The number of aryl methyl sites for hydroxylation is 1. The van der Waals surface area contributed by atoms with Crippen LogP contribution in [0.25, 0.3) is 87.6 Å². The fraction of sp³-hybridized carbons (Fsp3) is 0.292. The van der Waals surface area contributed by atoms with E-state index in [9.17, 15) is 58.8 Å². The van der Waals surface area contributed by atoms with Crippen LogP contribution in [0.15, 0.2) is 245 Å². The third-order valence-corrected chi connectivity index (χ3v) is 29.1. The van der Waals surface area contributed by atoms with Gasteiger partial charge < -0.3 is 88.4 Å². The summed E-state index contributed by atoms with van der Waals surface area (Å²) in [4.78, 5) is 119. The van der Waals surface area contributed by atoms with Crippen molar-refractivity contribution in [1.29, 1.82) is 0 Å². The van der Waals surface area contributed by atoms with Crippen molar-refractivity contribution >= 4 is 148 Å². The number of ether oxygens (including phenoxy) is 4. The molecule has 8 amide bonds. The monoisotopic (exact) mass is 1970 g/mol. The van der Waals surface area contributed by atoms with Crippen molar-refractivity contribution in [2.75, 3.05) is 152 Å². The number of amides is 8. The van der Waals surface area contributed by atoms with Gasteiger partial charge in [-0.1, -0.05) is 165 Å². The van der Waals surface area contributed by atoms with E-state index >= 15 is 0 Å². The van der Waals surface area contributed by atoms with E-state index in [0.717, 1.165) is 125 Å². The number of anilines is 4. The lowest BCUT2D eigenvalue weighted by Gasteiger charge is -2.50. The molecule has 0 aromatic heterocycles. The lowest BCUT2D eigenvalue weighted by Crippen LogP contribution is -2.62. The zero-order chi connectivity index (χ0) is 100.0. The Morgan fingerprint density at radius 1 is 0.415 bits per heavy atom. The number of nitrogens with zero attached hydrogens (tertiary/aromatic N) is 10. The number of halogens is 3. The predicted molar refractivity (Wildman–Crippen MR) is 557 cm³/mol. The highest BCUT2D eigenvalue weighted by Crippen LogP contribution is 2.52. The van der Waals surface area contributed by atoms with Crippen LogP contribution in [0, 0.1) is 36.0 Å². The molecule has 2 atom stereocenters. The van der Waals surface area contributed by atoms with Gasteiger partial charge in [-0.2, -0.15) is 0 Å². The van der Waals surface area contributed by atoms with E-state index in [0.29, 0.717) is 159 Å². The molecule has 0 aliphatic carbocycles. The number of carbonyl (C=O) groups is 8. The molecule has 0 radical (unpaired) electrons. The van der Waals surface area contributed by atoms with Gasteiger partial charge in [0, 0.05) is 131 Å². The van der Waals surface area contributed by atoms with E-state index in [1.54, 1.807) is 101 Å². The molecule has 29 heteroatoms. The van der Waals surface area contributed by atoms with Crippen molar-refractivity contribution in [3.8, 4) is 90.5 Å². The van der Waals surface area contributed by atoms with Crippen LogP contribution in [0.5, 0.6) is 46.0 Å². The quantitative estimate of drug-likeness (QED) is 0.0486. The van der Waals surface area contributed by atoms with Gasteiger partial charge in [-0.25, -0.2) is 0 Å². The standard InChI is InChI=1S/C32H34ClN3O4.C29H30ClN3O4.C26H23ClN2O4.C26H24N2O4/c1-3-31(38)35-17-21(18-35)19-36-28-16-27(33)26(25-14-23(37)13-22-6-4-5-7-24(22)25)15-29(28)40-30(32(36)39)12-20-8-10-34(2)11-9-20;1-4-28(35)32-15-18(16-32)17-33-25-14-24(30)23(13-27(25)37-26(29(33)36)9-10-31(2)3)22-12-20(34)11-19-7-5-6-8-21(19)22;1-3-24(31)28-13-26(2,14-28)15-29-22-11-21(27)20(10-23(22)33-12-25(29)32)19-9-17(30)8-16-6-4-5-7-18(16)19;1-3-25(30)27-12-17(13-27)14-28-23-8-16(2)21(11-24(23)32-15-26(28)31)22-10-19(29)9-18-6-4-5-7-20(18)22/h3-7,13-16,20-21,30,37H,1,8-12,17-19H2,2H3;4-8,11-14,18,26,34H,1,9-10,15-17H2,2-3H3;3-11,30H,1,12-15H2,2H3;3-11,17,29H,1,12-15H2,2H3/t;26-;;/m.1../s1. The Morgan fingerprint density at radius 2 is 0.746 bits per heavy atom. The zero-order valence-corrected chi connectivity index (χ0v) is 82.0. The smallest absolute Gasteiger partial charge is 0.268 e. The topological polar surface area (TPSA) is 287 Å². The third-order valence-electron chi connectivity index (χ3n) is 28.1. The van der Waals surface area contributed by atoms with E-state index < -0.39 is 12.2 Å². The third kappa shape index (κ3) is 20.3. The second kappa shape index (κ2) is 41.0. The summed E-state index contributed by atoms with van der Waals surface area (Å²) in [5.74, 6) is 3.26. The Kier molecular flexibility index (Phi) is 28.3. The van der Waals surface area contributed by atoms with Gasteiger partial charge in [0.1, 0.15) is 46.0 Å². The maximum atomic E-state index is 13.9. The molecule has 5 saturated heterocycles. The SMILES string of the molecule is C=CC(=O)N1CC(C)(CN2C(=O)COc3cc(-c4cc(O)cc5ccccc45)c(Cl)cc32)C1.C=CC(=O)N1CC(CN2C(=O)C(CC3CCN(C)CC3)Oc3cc(-c4cc(O)cc5ccccc45)c(Cl)cc32)C1.C=CC(=O)N1CC(CN2C(=O)COc3cc(-c4cc(O)cc5ccccc45)c(C)cc32)C1.C=CC(=O)N1CC(CN2C(=O)[C@@H](CCN(C)C)Oc3cc(-c4cc(O)cc5ccccc45)c(Cl)cc32)C1. The molecular weight excluding hydrogens is 1860 g/mol. The van der Waals surface area contributed by atoms with Gasteiger partial charge in [0.05, 0.1) is 37.8 Å². The van der Waals surface area contributed by atoms with E-state index in [1.807, 2.05) is 158 Å². The van der Waals surface area contributed by atoms with Gasteiger partial charge in [0.25, 0.3) is 23.6 Å². The highest BCUT2D eigenvalue weighted by Gasteiger charge is 2.47. The first-order valence-corrected chi connectivity index (χ1v) is 48.8. The fourth-order valence-electron chi connectivity index (χ4n) is 20.7. The van der Waals surface area contributed by atoms with Crippen molar-refractivity contribution in [1.82, 2.24) is 29.4 Å². The first kappa shape index (κ1) is 97.8. The molecule has 730 valence electrons. The van der Waals surface area contributed by atoms with Crippen LogP contribution < -0.4 is 38.5 Å². The number of benzene rings is 12. The molecule has 9 heterocycles. The molecule has 1 unspecified atom stereocenters. The Hall–Kier alpha value is -14.4. The molecule has 12 aromatic carbocycles. The molecule has 0 saturated carbocycles. The van der Waals surface area contributed by atoms with Gasteiger partial charge in [0.15, 0.2) is 25.4 Å². The summed E-state index contributed by atoms with van der Waals surface area (Å²) < 4.78 is 24.3. The first-order valence-electron chi connectivity index (χ1n) is 47.6. The van der Waals surface area contributed by atoms with Crippen LogP contribution in [0.1, 0.15) is 38.2 Å². The number of hydrogen-bond acceptors (Lipinski definition) is 18. The minimum atomic E-state index is -0.629. The highest BCUT2D eigenvalue weighted by molar-refractivity contribution is 6.36. The van der Waals surface area contributed by atoms with E-state index in [1.165, 1.54) is 24.3 Å². The minimum absolute atomic E-state index is 0.0156. The van der Waals surface area contributed by atoms with Crippen LogP contribution in [0.2, 0.25) is 15.1 Å². The second-order valence-electron chi connectivity index (χ2n) is 38.8. The fourth-order valence-corrected chi connectivity index (χ4v) is 21.5. The largest absolute Gasteiger partial charge is 0.508 e. The number of hydrogen-bond donors (Lipinski definition) is 4. The van der Waals surface area contributed by atoms with Crippen LogP contribution in [-0.4, -0.2) is 242 Å². The van der Waals surface area contributed by atoms with E-state index in [-0.39, 0.29) is 107 Å². The Labute approximate surface area is 838 Å². The first-order chi connectivity index (χ1) is 68.3. The summed E-state index contributed by atoms with van der Waals surface area (Å²) >= 11 is 20.4. The lowest BCUT2D eigenvalue weighted by atomic mass is 9.81. The van der Waals surface area contributed by atoms with E-state index in [2.05, 4.69) is 45.2 Å². The number of aromatic hydroxyl groups is 4. The molecule has 12 aromatic rings. The maximum absolute atomic E-state index is 13.9. The van der Waals surface area contributed by atoms with Crippen molar-refractivity contribution < 1.29 is 77.7 Å². The molecule has 21 rings (SSSR count). The summed E-state index contributed by atoms with van der Waals surface area (Å²) in [6, 6.07) is 60.0. The zero-order valence-electron chi connectivity index (χ0n) is 79.7. The second-order valence-corrected chi connectivity index (χ2v) is 40.0. The Morgan fingerprint density at radius 3 is 1.14 bits per heavy atom. The molecule has 5 fully saturated rings. The number of phenolic OH excluding ortho intramolecular Hbond substituents is 4. The highest BCUT2D eigenvalue weighted by atomic mass is 35.5. The Bertz CT molecular complexity index is 7100. The van der Waals surface area contributed by atoms with Gasteiger partial charge in [-0.05, 0) is 264 Å². The van der Waals surface area contributed by atoms with Crippen LogP contribution in [-0.2, 0) is 38.4 Å². The Balaban J connectivity index is 0.000000125. The van der Waals surface area contributed by atoms with E-state index in [4.69, 9.17) is 53.8 Å². The molecule has 9 aliphatic rings. The van der Waals surface area contributed by atoms with Crippen molar-refractivity contribution in [2.45, 2.75) is 51.7 Å². The van der Waals surface area contributed by atoms with Crippen molar-refractivity contribution in [3.05, 3.63) is 265 Å². The summed E-state index contributed by atoms with van der Waals surface area (Å²) in [6.07, 6.45) is 7.35. The molecule has 9 aliphatic heterocycles. The van der Waals surface area contributed by atoms with Crippen molar-refractivity contribution in [3.63, 3.8) is 0 Å². The number of likely N-dealkylation sites (tertiary alicyclic amines) is 5. The molecule has 26 nitrogen and oxygen atoms in total. The summed E-state index contributed by atoms with van der Waals surface area (Å²) in [5.41, 5.74) is 9.83. The minimum Gasteiger partial charge on any atom is -0.508 e. The number of phenols is 4. The average molecular weight is 1970 g/mol.